The number of nitrogens with zero attached hydrogens (tertiary/aromatic N) is 2. The number of benzene rings is 1. The zero-order valence-corrected chi connectivity index (χ0v) is 11.7. The van der Waals surface area contributed by atoms with Crippen molar-refractivity contribution in [1.82, 2.24) is 4.98 Å². The van der Waals surface area contributed by atoms with Gasteiger partial charge in [0.15, 0.2) is 0 Å². The van der Waals surface area contributed by atoms with Gasteiger partial charge in [-0.15, -0.1) is 0 Å². The number of esters is 1. The molecule has 0 radical (unpaired) electrons. The first-order chi connectivity index (χ1) is 10.7. The van der Waals surface area contributed by atoms with Crippen molar-refractivity contribution in [2.24, 2.45) is 5.92 Å². The molecule has 1 fully saturated rings. The van der Waals surface area contributed by atoms with Gasteiger partial charge in [0.1, 0.15) is 11.3 Å². The van der Waals surface area contributed by atoms with Gasteiger partial charge in [0.25, 0.3) is 5.69 Å². The molecule has 0 unspecified atom stereocenters. The number of non-ortho nitro benzene ring substituents is 1. The zero-order valence-electron chi connectivity index (χ0n) is 11.7. The van der Waals surface area contributed by atoms with E-state index < -0.39 is 4.92 Å². The average Bonchev–Trinajstić information content (AvgIpc) is 2.45. The Morgan fingerprint density at radius 1 is 1.36 bits per heavy atom. The fourth-order valence-corrected chi connectivity index (χ4v) is 2.32. The van der Waals surface area contributed by atoms with Crippen molar-refractivity contribution in [3.63, 3.8) is 0 Å². The number of carbonyl (C=O) groups is 1. The number of rotatable bonds is 5. The van der Waals surface area contributed by atoms with Crippen LogP contribution in [0, 0.1) is 16.0 Å². The Morgan fingerprint density at radius 3 is 2.86 bits per heavy atom. The van der Waals surface area contributed by atoms with Crippen LogP contribution in [0.1, 0.15) is 19.3 Å². The maximum absolute atomic E-state index is 11.6. The Bertz CT molecular complexity index is 727. The van der Waals surface area contributed by atoms with Gasteiger partial charge in [-0.3, -0.25) is 19.9 Å². The van der Waals surface area contributed by atoms with E-state index in [1.807, 2.05) is 0 Å². The van der Waals surface area contributed by atoms with E-state index in [9.17, 15) is 14.9 Å². The summed E-state index contributed by atoms with van der Waals surface area (Å²) in [5.41, 5.74) is 0.332. The van der Waals surface area contributed by atoms with Gasteiger partial charge in [0, 0.05) is 12.3 Å². The van der Waals surface area contributed by atoms with Crippen LogP contribution in [0.5, 0.6) is 5.75 Å². The van der Waals surface area contributed by atoms with E-state index in [4.69, 9.17) is 9.47 Å². The standard InChI is InChI=1S/C15H14N2O5/c18-15(10-3-1-4-10)22-9-21-13-7-6-12(17(19)20)11-5-2-8-16-14(11)13/h2,5-8,10H,1,3-4,9H2. The highest BCUT2D eigenvalue weighted by atomic mass is 16.7. The first-order valence-electron chi connectivity index (χ1n) is 6.98. The van der Waals surface area contributed by atoms with Crippen molar-refractivity contribution >= 4 is 22.6 Å². The molecule has 3 rings (SSSR count). The fourth-order valence-electron chi connectivity index (χ4n) is 2.32. The molecule has 2 aromatic rings. The van der Waals surface area contributed by atoms with Crippen LogP contribution in [-0.4, -0.2) is 22.7 Å². The van der Waals surface area contributed by atoms with Gasteiger partial charge in [0.2, 0.25) is 6.79 Å². The van der Waals surface area contributed by atoms with E-state index in [0.29, 0.717) is 16.7 Å². The predicted molar refractivity (Wildman–Crippen MR) is 77.3 cm³/mol. The summed E-state index contributed by atoms with van der Waals surface area (Å²) in [5, 5.41) is 11.4. The highest BCUT2D eigenvalue weighted by Gasteiger charge is 2.26. The second-order valence-corrected chi connectivity index (χ2v) is 5.09. The lowest BCUT2D eigenvalue weighted by molar-refractivity contribution is -0.383. The molecule has 0 bridgehead atoms. The normalized spacial score (nSPS) is 14.4. The topological polar surface area (TPSA) is 91.6 Å². The molecular weight excluding hydrogens is 288 g/mol. The highest BCUT2D eigenvalue weighted by Crippen LogP contribution is 2.31. The molecule has 0 atom stereocenters. The first kappa shape index (κ1) is 14.2. The van der Waals surface area contributed by atoms with E-state index >= 15 is 0 Å². The molecule has 7 nitrogen and oxygen atoms in total. The number of nitro benzene ring substituents is 1. The minimum Gasteiger partial charge on any atom is -0.455 e. The maximum atomic E-state index is 11.6. The van der Waals surface area contributed by atoms with Gasteiger partial charge in [-0.05, 0) is 31.0 Å². The summed E-state index contributed by atoms with van der Waals surface area (Å²) in [6.45, 7) is -0.223. The van der Waals surface area contributed by atoms with Gasteiger partial charge in [-0.1, -0.05) is 6.42 Å². The molecule has 1 aliphatic carbocycles. The van der Waals surface area contributed by atoms with Crippen molar-refractivity contribution in [3.8, 4) is 5.75 Å². The first-order valence-corrected chi connectivity index (χ1v) is 6.98. The molecule has 1 aliphatic rings. The van der Waals surface area contributed by atoms with E-state index in [1.54, 1.807) is 12.1 Å². The zero-order chi connectivity index (χ0) is 15.5. The lowest BCUT2D eigenvalue weighted by atomic mass is 9.86. The van der Waals surface area contributed by atoms with Gasteiger partial charge < -0.3 is 9.47 Å². The van der Waals surface area contributed by atoms with Crippen molar-refractivity contribution in [2.45, 2.75) is 19.3 Å². The quantitative estimate of drug-likeness (QED) is 0.365. The van der Waals surface area contributed by atoms with Gasteiger partial charge in [-0.25, -0.2) is 0 Å². The summed E-state index contributed by atoms with van der Waals surface area (Å²) in [7, 11) is 0. The Morgan fingerprint density at radius 2 is 2.18 bits per heavy atom. The van der Waals surface area contributed by atoms with Gasteiger partial charge in [0.05, 0.1) is 16.2 Å². The minimum absolute atomic E-state index is 0.0182. The molecular formula is C15H14N2O5. The van der Waals surface area contributed by atoms with Gasteiger partial charge in [-0.2, -0.15) is 0 Å². The molecule has 0 spiro atoms. The molecule has 7 heteroatoms. The number of hydrogen-bond acceptors (Lipinski definition) is 6. The number of pyridine rings is 1. The van der Waals surface area contributed by atoms with E-state index in [-0.39, 0.29) is 24.4 Å². The third-order valence-electron chi connectivity index (χ3n) is 3.76. The largest absolute Gasteiger partial charge is 0.455 e. The highest BCUT2D eigenvalue weighted by molar-refractivity contribution is 5.92. The van der Waals surface area contributed by atoms with Crippen LogP contribution < -0.4 is 4.74 Å². The number of fused-ring (bicyclic) bond motifs is 1. The Labute approximate surface area is 126 Å². The number of hydrogen-bond donors (Lipinski definition) is 0. The van der Waals surface area contributed by atoms with Crippen LogP contribution in [0.15, 0.2) is 30.5 Å². The summed E-state index contributed by atoms with van der Waals surface area (Å²) in [5.74, 6) is 0.0726. The lowest BCUT2D eigenvalue weighted by Gasteiger charge is -2.22. The van der Waals surface area contributed by atoms with Crippen molar-refractivity contribution in [1.29, 1.82) is 0 Å². The van der Waals surface area contributed by atoms with Crippen LogP contribution in [-0.2, 0) is 9.53 Å². The third kappa shape index (κ3) is 2.69. The third-order valence-corrected chi connectivity index (χ3v) is 3.76. The lowest BCUT2D eigenvalue weighted by Crippen LogP contribution is -2.25. The molecule has 0 amide bonds. The number of aromatic nitrogens is 1. The number of ether oxygens (including phenoxy) is 2. The molecule has 0 saturated heterocycles. The molecule has 1 aromatic heterocycles. The molecule has 0 aliphatic heterocycles. The van der Waals surface area contributed by atoms with Crippen LogP contribution in [0.4, 0.5) is 5.69 Å². The van der Waals surface area contributed by atoms with Crippen LogP contribution in [0.25, 0.3) is 10.9 Å². The Hall–Kier alpha value is -2.70. The minimum atomic E-state index is -0.468. The monoisotopic (exact) mass is 302 g/mol. The summed E-state index contributed by atoms with van der Waals surface area (Å²) >= 11 is 0. The second kappa shape index (κ2) is 5.97. The molecule has 1 aromatic carbocycles. The number of carbonyl (C=O) groups excluding carboxylic acids is 1. The predicted octanol–water partition coefficient (Wildman–Crippen LogP) is 2.82. The van der Waals surface area contributed by atoms with Crippen molar-refractivity contribution in [3.05, 3.63) is 40.6 Å². The maximum Gasteiger partial charge on any atom is 0.311 e. The Kier molecular flexibility index (Phi) is 3.86. The van der Waals surface area contributed by atoms with E-state index in [2.05, 4.69) is 4.98 Å². The molecule has 1 saturated carbocycles. The van der Waals surface area contributed by atoms with Crippen LogP contribution >= 0.6 is 0 Å². The summed E-state index contributed by atoms with van der Waals surface area (Å²) < 4.78 is 10.5. The summed E-state index contributed by atoms with van der Waals surface area (Å²) in [6, 6.07) is 6.04. The molecule has 22 heavy (non-hydrogen) atoms. The molecule has 0 N–H and O–H groups in total. The molecule has 114 valence electrons. The molecule has 1 heterocycles. The fraction of sp³-hybridized carbons (Fsp3) is 0.333. The average molecular weight is 302 g/mol. The Balaban J connectivity index is 1.75. The van der Waals surface area contributed by atoms with Crippen LogP contribution in [0.3, 0.4) is 0 Å². The number of nitro groups is 1. The van der Waals surface area contributed by atoms with Crippen molar-refractivity contribution in [2.75, 3.05) is 6.79 Å². The van der Waals surface area contributed by atoms with Crippen molar-refractivity contribution < 1.29 is 19.2 Å². The second-order valence-electron chi connectivity index (χ2n) is 5.09. The SMILES string of the molecule is O=C(OCOc1ccc([N+](=O)[O-])c2cccnc12)C1CCC1. The smallest absolute Gasteiger partial charge is 0.311 e. The van der Waals surface area contributed by atoms with E-state index in [0.717, 1.165) is 19.3 Å². The van der Waals surface area contributed by atoms with E-state index in [1.165, 1.54) is 18.3 Å². The summed E-state index contributed by atoms with van der Waals surface area (Å²) in [6.07, 6.45) is 4.30. The van der Waals surface area contributed by atoms with Gasteiger partial charge >= 0.3 is 5.97 Å². The van der Waals surface area contributed by atoms with Crippen LogP contribution in [0.2, 0.25) is 0 Å². The summed E-state index contributed by atoms with van der Waals surface area (Å²) in [4.78, 5) is 26.3.